The standard InChI is InChI=1S/C13H20N4OS/c1-2-19-11-5-3-4-10(11)17-12-6-8(13(15)18)9(14)7-16-12/h6-7,10-11H,2-5,14H2,1H3,(H2,15,18)(H,16,17). The summed E-state index contributed by atoms with van der Waals surface area (Å²) in [6.45, 7) is 2.17. The molecule has 19 heavy (non-hydrogen) atoms. The lowest BCUT2D eigenvalue weighted by Crippen LogP contribution is -2.27. The van der Waals surface area contributed by atoms with Crippen molar-refractivity contribution in [3.8, 4) is 0 Å². The summed E-state index contributed by atoms with van der Waals surface area (Å²) in [4.78, 5) is 15.5. The molecule has 0 saturated heterocycles. The summed E-state index contributed by atoms with van der Waals surface area (Å²) in [5.74, 6) is 1.27. The van der Waals surface area contributed by atoms with Gasteiger partial charge < -0.3 is 16.8 Å². The molecular weight excluding hydrogens is 260 g/mol. The van der Waals surface area contributed by atoms with Crippen LogP contribution in [-0.4, -0.2) is 27.9 Å². The van der Waals surface area contributed by atoms with Crippen LogP contribution >= 0.6 is 11.8 Å². The molecule has 1 aromatic rings. The van der Waals surface area contributed by atoms with Gasteiger partial charge in [-0.25, -0.2) is 4.98 Å². The lowest BCUT2D eigenvalue weighted by atomic mass is 10.2. The van der Waals surface area contributed by atoms with Crippen molar-refractivity contribution in [1.82, 2.24) is 4.98 Å². The van der Waals surface area contributed by atoms with Crippen molar-refractivity contribution in [2.24, 2.45) is 5.73 Å². The quantitative estimate of drug-likeness (QED) is 0.765. The average Bonchev–Trinajstić information content (AvgIpc) is 2.79. The summed E-state index contributed by atoms with van der Waals surface area (Å²) in [6.07, 6.45) is 5.08. The molecule has 1 aromatic heterocycles. The van der Waals surface area contributed by atoms with Crippen molar-refractivity contribution in [3.05, 3.63) is 17.8 Å². The molecule has 2 rings (SSSR count). The van der Waals surface area contributed by atoms with Crippen LogP contribution in [-0.2, 0) is 0 Å². The Morgan fingerprint density at radius 3 is 3.05 bits per heavy atom. The summed E-state index contributed by atoms with van der Waals surface area (Å²) in [5, 5.41) is 4.02. The summed E-state index contributed by atoms with van der Waals surface area (Å²) >= 11 is 1.97. The van der Waals surface area contributed by atoms with Gasteiger partial charge in [0.1, 0.15) is 5.82 Å². The van der Waals surface area contributed by atoms with E-state index in [4.69, 9.17) is 11.5 Å². The highest BCUT2D eigenvalue weighted by Gasteiger charge is 2.27. The number of thioether (sulfide) groups is 1. The van der Waals surface area contributed by atoms with E-state index in [1.165, 1.54) is 19.0 Å². The molecule has 2 atom stereocenters. The van der Waals surface area contributed by atoms with Crippen molar-refractivity contribution in [2.75, 3.05) is 16.8 Å². The zero-order valence-corrected chi connectivity index (χ0v) is 11.9. The first-order valence-electron chi connectivity index (χ1n) is 6.55. The molecule has 1 fully saturated rings. The Balaban J connectivity index is 2.10. The maximum atomic E-state index is 11.3. The van der Waals surface area contributed by atoms with Gasteiger partial charge in [-0.05, 0) is 24.7 Å². The lowest BCUT2D eigenvalue weighted by Gasteiger charge is -2.21. The highest BCUT2D eigenvalue weighted by Crippen LogP contribution is 2.32. The first kappa shape index (κ1) is 14.0. The fourth-order valence-electron chi connectivity index (χ4n) is 2.45. The van der Waals surface area contributed by atoms with Crippen LogP contribution in [0.25, 0.3) is 0 Å². The lowest BCUT2D eigenvalue weighted by molar-refractivity contribution is 0.100. The molecule has 104 valence electrons. The van der Waals surface area contributed by atoms with Gasteiger partial charge in [0.2, 0.25) is 0 Å². The van der Waals surface area contributed by atoms with E-state index in [2.05, 4.69) is 17.2 Å². The van der Waals surface area contributed by atoms with Gasteiger partial charge in [-0.2, -0.15) is 11.8 Å². The van der Waals surface area contributed by atoms with Crippen LogP contribution in [0.1, 0.15) is 36.5 Å². The number of amides is 1. The molecule has 0 aromatic carbocycles. The first-order valence-corrected chi connectivity index (χ1v) is 7.60. The molecule has 1 saturated carbocycles. The molecule has 0 bridgehead atoms. The molecule has 6 heteroatoms. The number of carbonyl (C=O) groups excluding carboxylic acids is 1. The molecule has 1 aliphatic carbocycles. The fourth-order valence-corrected chi connectivity index (χ4v) is 3.65. The number of rotatable bonds is 5. The Bertz CT molecular complexity index is 466. The number of primary amides is 1. The molecular formula is C13H20N4OS. The van der Waals surface area contributed by atoms with Gasteiger partial charge in [0.15, 0.2) is 0 Å². The molecule has 1 amide bonds. The van der Waals surface area contributed by atoms with Gasteiger partial charge in [-0.1, -0.05) is 13.3 Å². The number of carbonyl (C=O) groups is 1. The van der Waals surface area contributed by atoms with Crippen LogP contribution in [0.15, 0.2) is 12.3 Å². The highest BCUT2D eigenvalue weighted by molar-refractivity contribution is 7.99. The number of nitrogen functional groups attached to an aromatic ring is 1. The van der Waals surface area contributed by atoms with E-state index >= 15 is 0 Å². The minimum Gasteiger partial charge on any atom is -0.397 e. The van der Waals surface area contributed by atoms with E-state index in [0.29, 0.717) is 28.4 Å². The van der Waals surface area contributed by atoms with Crippen LogP contribution in [0.2, 0.25) is 0 Å². The minimum atomic E-state index is -0.520. The van der Waals surface area contributed by atoms with Crippen LogP contribution < -0.4 is 16.8 Å². The number of pyridine rings is 1. The minimum absolute atomic E-state index is 0.323. The SMILES string of the molecule is CCSC1CCCC1Nc1cc(C(N)=O)c(N)cn1. The number of nitrogens with zero attached hydrogens (tertiary/aromatic N) is 1. The van der Waals surface area contributed by atoms with Crippen molar-refractivity contribution >= 4 is 29.2 Å². The van der Waals surface area contributed by atoms with Gasteiger partial charge in [0.05, 0.1) is 17.4 Å². The monoisotopic (exact) mass is 280 g/mol. The largest absolute Gasteiger partial charge is 0.397 e. The second-order valence-corrected chi connectivity index (χ2v) is 6.21. The Kier molecular flexibility index (Phi) is 4.52. The van der Waals surface area contributed by atoms with Crippen molar-refractivity contribution < 1.29 is 4.79 Å². The smallest absolute Gasteiger partial charge is 0.250 e. The highest BCUT2D eigenvalue weighted by atomic mass is 32.2. The molecule has 0 aliphatic heterocycles. The number of hydrogen-bond acceptors (Lipinski definition) is 5. The van der Waals surface area contributed by atoms with Crippen LogP contribution in [0.3, 0.4) is 0 Å². The first-order chi connectivity index (χ1) is 9.11. The number of anilines is 2. The van der Waals surface area contributed by atoms with Gasteiger partial charge in [0, 0.05) is 11.3 Å². The summed E-state index contributed by atoms with van der Waals surface area (Å²) in [6, 6.07) is 2.05. The van der Waals surface area contributed by atoms with Gasteiger partial charge in [-0.15, -0.1) is 0 Å². The molecule has 5 N–H and O–H groups in total. The predicted molar refractivity (Wildman–Crippen MR) is 80.3 cm³/mol. The number of hydrogen-bond donors (Lipinski definition) is 3. The van der Waals surface area contributed by atoms with E-state index in [-0.39, 0.29) is 0 Å². The van der Waals surface area contributed by atoms with Crippen molar-refractivity contribution in [2.45, 2.75) is 37.5 Å². The van der Waals surface area contributed by atoms with Crippen molar-refractivity contribution in [3.63, 3.8) is 0 Å². The fraction of sp³-hybridized carbons (Fsp3) is 0.538. The Morgan fingerprint density at radius 1 is 1.58 bits per heavy atom. The molecule has 1 heterocycles. The van der Waals surface area contributed by atoms with E-state index in [0.717, 1.165) is 12.2 Å². The molecule has 1 aliphatic rings. The number of nitrogens with one attached hydrogen (secondary N) is 1. The average molecular weight is 280 g/mol. The van der Waals surface area contributed by atoms with Gasteiger partial charge >= 0.3 is 0 Å². The maximum Gasteiger partial charge on any atom is 0.250 e. The molecule has 2 unspecified atom stereocenters. The second-order valence-electron chi connectivity index (χ2n) is 4.70. The maximum absolute atomic E-state index is 11.3. The Morgan fingerprint density at radius 2 is 2.37 bits per heavy atom. The molecule has 0 spiro atoms. The number of nitrogens with two attached hydrogens (primary N) is 2. The van der Waals surface area contributed by atoms with E-state index in [9.17, 15) is 4.79 Å². The van der Waals surface area contributed by atoms with E-state index in [1.54, 1.807) is 6.07 Å². The van der Waals surface area contributed by atoms with Gasteiger partial charge in [0.25, 0.3) is 5.91 Å². The topological polar surface area (TPSA) is 94.0 Å². The zero-order chi connectivity index (χ0) is 13.8. The Labute approximate surface area is 117 Å². The van der Waals surface area contributed by atoms with Crippen LogP contribution in [0.4, 0.5) is 11.5 Å². The van der Waals surface area contributed by atoms with Crippen LogP contribution in [0, 0.1) is 0 Å². The third-order valence-electron chi connectivity index (χ3n) is 3.37. The predicted octanol–water partition coefficient (Wildman–Crippen LogP) is 1.85. The summed E-state index contributed by atoms with van der Waals surface area (Å²) < 4.78 is 0. The third-order valence-corrected chi connectivity index (χ3v) is 4.69. The Hall–Kier alpha value is -1.43. The molecule has 0 radical (unpaired) electrons. The number of aromatic nitrogens is 1. The van der Waals surface area contributed by atoms with Crippen LogP contribution in [0.5, 0.6) is 0 Å². The van der Waals surface area contributed by atoms with Crippen molar-refractivity contribution in [1.29, 1.82) is 0 Å². The summed E-state index contributed by atoms with van der Waals surface area (Å²) in [5.41, 5.74) is 11.6. The normalized spacial score (nSPS) is 22.4. The zero-order valence-electron chi connectivity index (χ0n) is 11.1. The summed E-state index contributed by atoms with van der Waals surface area (Å²) in [7, 11) is 0. The second kappa shape index (κ2) is 6.14. The van der Waals surface area contributed by atoms with E-state index < -0.39 is 5.91 Å². The third kappa shape index (κ3) is 3.32. The van der Waals surface area contributed by atoms with E-state index in [1.807, 2.05) is 11.8 Å². The molecule has 5 nitrogen and oxygen atoms in total. The van der Waals surface area contributed by atoms with Gasteiger partial charge in [-0.3, -0.25) is 4.79 Å².